The Morgan fingerprint density at radius 1 is 1.15 bits per heavy atom. The van der Waals surface area contributed by atoms with Crippen LogP contribution in [0.2, 0.25) is 0 Å². The Kier molecular flexibility index (Phi) is 4.18. The fourth-order valence-corrected chi connectivity index (χ4v) is 2.24. The van der Waals surface area contributed by atoms with E-state index < -0.39 is 0 Å². The molecule has 1 aromatic carbocycles. The Morgan fingerprint density at radius 3 is 2.35 bits per heavy atom. The molecule has 20 heavy (non-hydrogen) atoms. The molecule has 0 aliphatic rings. The smallest absolute Gasteiger partial charge is 0.261 e. The number of aldehydes is 1. The highest BCUT2D eigenvalue weighted by Crippen LogP contribution is 2.23. The van der Waals surface area contributed by atoms with Gasteiger partial charge in [-0.3, -0.25) is 9.59 Å². The van der Waals surface area contributed by atoms with Crippen molar-refractivity contribution in [3.8, 4) is 11.3 Å². The van der Waals surface area contributed by atoms with Crippen LogP contribution in [0.25, 0.3) is 11.3 Å². The highest BCUT2D eigenvalue weighted by Gasteiger charge is 2.14. The van der Waals surface area contributed by atoms with E-state index in [-0.39, 0.29) is 17.2 Å². The van der Waals surface area contributed by atoms with Crippen molar-refractivity contribution in [3.05, 3.63) is 57.9 Å². The van der Waals surface area contributed by atoms with Crippen molar-refractivity contribution in [1.82, 2.24) is 4.57 Å². The zero-order chi connectivity index (χ0) is 14.7. The number of pyridine rings is 1. The van der Waals surface area contributed by atoms with Gasteiger partial charge in [-0.2, -0.15) is 0 Å². The number of hydrogen-bond donors (Lipinski definition) is 0. The van der Waals surface area contributed by atoms with Gasteiger partial charge in [-0.05, 0) is 38.0 Å². The molecule has 0 aliphatic heterocycles. The Hall–Kier alpha value is -2.16. The van der Waals surface area contributed by atoms with E-state index in [9.17, 15) is 9.59 Å². The summed E-state index contributed by atoms with van der Waals surface area (Å²) in [5, 5.41) is 0. The molecule has 1 atom stereocenters. The van der Waals surface area contributed by atoms with Gasteiger partial charge in [0.1, 0.15) is 0 Å². The lowest BCUT2D eigenvalue weighted by Crippen LogP contribution is -2.27. The van der Waals surface area contributed by atoms with E-state index in [2.05, 4.69) is 0 Å². The highest BCUT2D eigenvalue weighted by atomic mass is 16.1. The SMILES string of the molecule is CCC(C)n1c(-c2ccc(C)cc2)ccc(C=O)c1=O. The molecule has 1 heterocycles. The molecule has 0 spiro atoms. The molecule has 0 saturated carbocycles. The molecule has 0 amide bonds. The van der Waals surface area contributed by atoms with Crippen molar-refractivity contribution in [2.24, 2.45) is 0 Å². The van der Waals surface area contributed by atoms with Gasteiger partial charge in [0.25, 0.3) is 5.56 Å². The normalized spacial score (nSPS) is 12.2. The molecule has 0 bridgehead atoms. The van der Waals surface area contributed by atoms with Gasteiger partial charge >= 0.3 is 0 Å². The number of carbonyl (C=O) groups is 1. The van der Waals surface area contributed by atoms with Gasteiger partial charge in [-0.25, -0.2) is 0 Å². The third-order valence-electron chi connectivity index (χ3n) is 3.65. The van der Waals surface area contributed by atoms with Crippen LogP contribution in [0.5, 0.6) is 0 Å². The predicted octanol–water partition coefficient (Wildman–Crippen LogP) is 3.61. The number of carbonyl (C=O) groups excluding carboxylic acids is 1. The minimum absolute atomic E-state index is 0.0544. The van der Waals surface area contributed by atoms with E-state index in [1.807, 2.05) is 51.1 Å². The van der Waals surface area contributed by atoms with Gasteiger partial charge < -0.3 is 4.57 Å². The van der Waals surface area contributed by atoms with E-state index in [0.29, 0.717) is 6.29 Å². The van der Waals surface area contributed by atoms with Crippen LogP contribution in [0.15, 0.2) is 41.2 Å². The van der Waals surface area contributed by atoms with E-state index in [0.717, 1.165) is 17.7 Å². The maximum absolute atomic E-state index is 12.4. The summed E-state index contributed by atoms with van der Waals surface area (Å²) in [6.07, 6.45) is 1.46. The molecular formula is C17H19NO2. The van der Waals surface area contributed by atoms with Crippen molar-refractivity contribution < 1.29 is 4.79 Å². The topological polar surface area (TPSA) is 39.1 Å². The average Bonchev–Trinajstić information content (AvgIpc) is 2.47. The summed E-state index contributed by atoms with van der Waals surface area (Å²) in [4.78, 5) is 23.4. The van der Waals surface area contributed by atoms with Crippen LogP contribution in [0.4, 0.5) is 0 Å². The predicted molar refractivity (Wildman–Crippen MR) is 81.3 cm³/mol. The zero-order valence-electron chi connectivity index (χ0n) is 12.1. The van der Waals surface area contributed by atoms with Crippen LogP contribution in [-0.2, 0) is 0 Å². The Balaban J connectivity index is 2.69. The molecule has 0 fully saturated rings. The van der Waals surface area contributed by atoms with Crippen LogP contribution in [0.1, 0.15) is 42.2 Å². The molecule has 1 unspecified atom stereocenters. The highest BCUT2D eigenvalue weighted by molar-refractivity contribution is 5.75. The fourth-order valence-electron chi connectivity index (χ4n) is 2.24. The van der Waals surface area contributed by atoms with Crippen molar-refractivity contribution in [1.29, 1.82) is 0 Å². The third-order valence-corrected chi connectivity index (χ3v) is 3.65. The first-order valence-electron chi connectivity index (χ1n) is 6.86. The quantitative estimate of drug-likeness (QED) is 0.795. The molecule has 0 aliphatic carbocycles. The number of hydrogen-bond acceptors (Lipinski definition) is 2. The second kappa shape index (κ2) is 5.87. The summed E-state index contributed by atoms with van der Waals surface area (Å²) in [5.41, 5.74) is 3.02. The Labute approximate surface area is 118 Å². The van der Waals surface area contributed by atoms with Gasteiger partial charge in [0.05, 0.1) is 11.3 Å². The monoisotopic (exact) mass is 269 g/mol. The second-order valence-corrected chi connectivity index (χ2v) is 5.09. The van der Waals surface area contributed by atoms with E-state index in [1.54, 1.807) is 10.6 Å². The number of aromatic nitrogens is 1. The summed E-state index contributed by atoms with van der Waals surface area (Å²) in [5.74, 6) is 0. The van der Waals surface area contributed by atoms with Gasteiger partial charge in [0.2, 0.25) is 0 Å². The van der Waals surface area contributed by atoms with Crippen molar-refractivity contribution in [2.45, 2.75) is 33.2 Å². The molecular weight excluding hydrogens is 250 g/mol. The second-order valence-electron chi connectivity index (χ2n) is 5.09. The number of aryl methyl sites for hydroxylation is 1. The summed E-state index contributed by atoms with van der Waals surface area (Å²) < 4.78 is 1.72. The van der Waals surface area contributed by atoms with E-state index in [4.69, 9.17) is 0 Å². The number of nitrogens with zero attached hydrogens (tertiary/aromatic N) is 1. The van der Waals surface area contributed by atoms with Gasteiger partial charge in [0, 0.05) is 6.04 Å². The van der Waals surface area contributed by atoms with Gasteiger partial charge in [-0.1, -0.05) is 36.8 Å². The summed E-state index contributed by atoms with van der Waals surface area (Å²) in [6.45, 7) is 6.05. The van der Waals surface area contributed by atoms with Gasteiger partial charge in [0.15, 0.2) is 6.29 Å². The lowest BCUT2D eigenvalue weighted by Gasteiger charge is -2.19. The van der Waals surface area contributed by atoms with Crippen LogP contribution in [-0.4, -0.2) is 10.9 Å². The largest absolute Gasteiger partial charge is 0.305 e. The zero-order valence-corrected chi connectivity index (χ0v) is 12.1. The summed E-state index contributed by atoms with van der Waals surface area (Å²) in [6, 6.07) is 11.6. The van der Waals surface area contributed by atoms with Gasteiger partial charge in [-0.15, -0.1) is 0 Å². The maximum atomic E-state index is 12.4. The van der Waals surface area contributed by atoms with Crippen LogP contribution >= 0.6 is 0 Å². The lowest BCUT2D eigenvalue weighted by atomic mass is 10.1. The molecule has 3 nitrogen and oxygen atoms in total. The van der Waals surface area contributed by atoms with E-state index in [1.165, 1.54) is 5.56 Å². The molecule has 2 rings (SSSR count). The maximum Gasteiger partial charge on any atom is 0.261 e. The minimum Gasteiger partial charge on any atom is -0.305 e. The minimum atomic E-state index is -0.215. The van der Waals surface area contributed by atoms with Crippen molar-refractivity contribution >= 4 is 6.29 Å². The molecule has 0 N–H and O–H groups in total. The van der Waals surface area contributed by atoms with Crippen LogP contribution in [0, 0.1) is 6.92 Å². The fraction of sp³-hybridized carbons (Fsp3) is 0.294. The lowest BCUT2D eigenvalue weighted by molar-refractivity contribution is 0.112. The first-order chi connectivity index (χ1) is 9.58. The molecule has 104 valence electrons. The first kappa shape index (κ1) is 14.3. The average molecular weight is 269 g/mol. The third kappa shape index (κ3) is 2.57. The number of rotatable bonds is 4. The molecule has 0 radical (unpaired) electrons. The summed E-state index contributed by atoms with van der Waals surface area (Å²) >= 11 is 0. The summed E-state index contributed by atoms with van der Waals surface area (Å²) in [7, 11) is 0. The first-order valence-corrected chi connectivity index (χ1v) is 6.86. The van der Waals surface area contributed by atoms with Crippen molar-refractivity contribution in [3.63, 3.8) is 0 Å². The standard InChI is InChI=1S/C17H19NO2/c1-4-13(3)18-16(10-9-15(11-19)17(18)20)14-7-5-12(2)6-8-14/h5-11,13H,4H2,1-3H3. The van der Waals surface area contributed by atoms with E-state index >= 15 is 0 Å². The van der Waals surface area contributed by atoms with Crippen LogP contribution in [0.3, 0.4) is 0 Å². The molecule has 0 saturated heterocycles. The molecule has 1 aromatic heterocycles. The Morgan fingerprint density at radius 2 is 1.80 bits per heavy atom. The van der Waals surface area contributed by atoms with Crippen molar-refractivity contribution in [2.75, 3.05) is 0 Å². The van der Waals surface area contributed by atoms with Crippen LogP contribution < -0.4 is 5.56 Å². The number of benzene rings is 1. The molecule has 2 aromatic rings. The molecule has 3 heteroatoms. The Bertz CT molecular complexity index is 668.